The van der Waals surface area contributed by atoms with Crippen LogP contribution < -0.4 is 5.73 Å². The van der Waals surface area contributed by atoms with Crippen molar-refractivity contribution in [3.05, 3.63) is 11.1 Å². The Hall–Kier alpha value is -0.360. The van der Waals surface area contributed by atoms with E-state index in [2.05, 4.69) is 9.88 Å². The third-order valence-electron chi connectivity index (χ3n) is 2.58. The van der Waals surface area contributed by atoms with Crippen molar-refractivity contribution in [3.63, 3.8) is 0 Å². The molecule has 2 N–H and O–H groups in total. The van der Waals surface area contributed by atoms with E-state index in [1.54, 1.807) is 18.4 Å². The van der Waals surface area contributed by atoms with Gasteiger partial charge >= 0.3 is 0 Å². The zero-order valence-corrected chi connectivity index (χ0v) is 11.0. The molecule has 1 fully saturated rings. The van der Waals surface area contributed by atoms with Gasteiger partial charge in [0, 0.05) is 37.3 Å². The number of hydrogen-bond donors (Lipinski definition) is 1. The van der Waals surface area contributed by atoms with E-state index in [4.69, 9.17) is 10.5 Å². The van der Waals surface area contributed by atoms with E-state index in [0.29, 0.717) is 5.13 Å². The van der Waals surface area contributed by atoms with Crippen LogP contribution in [0.4, 0.5) is 5.13 Å². The number of nitrogens with two attached hydrogens (primary N) is 1. The quantitative estimate of drug-likeness (QED) is 0.850. The summed E-state index contributed by atoms with van der Waals surface area (Å²) >= 11 is 1.58. The molecule has 2 rings (SSSR count). The number of rotatable bonds is 6. The van der Waals surface area contributed by atoms with Crippen molar-refractivity contribution >= 4 is 28.9 Å². The lowest BCUT2D eigenvalue weighted by molar-refractivity contribution is 0.140. The predicted molar refractivity (Wildman–Crippen MR) is 69.1 cm³/mol. The second-order valence-electron chi connectivity index (χ2n) is 3.86. The van der Waals surface area contributed by atoms with Gasteiger partial charge in [-0.05, 0) is 12.8 Å². The molecule has 4 nitrogen and oxygen atoms in total. The summed E-state index contributed by atoms with van der Waals surface area (Å²) in [5, 5.41) is 0.660. The molecule has 0 amide bonds. The molecule has 0 aliphatic heterocycles. The van der Waals surface area contributed by atoms with E-state index in [9.17, 15) is 0 Å². The summed E-state index contributed by atoms with van der Waals surface area (Å²) in [5.41, 5.74) is 5.61. The summed E-state index contributed by atoms with van der Waals surface area (Å²) in [6.07, 6.45) is 4.51. The molecule has 16 heavy (non-hydrogen) atoms. The van der Waals surface area contributed by atoms with Crippen molar-refractivity contribution < 1.29 is 4.74 Å². The molecule has 0 saturated heterocycles. The van der Waals surface area contributed by atoms with Crippen LogP contribution in [0.1, 0.15) is 17.7 Å². The number of methoxy groups -OCH3 is 1. The third kappa shape index (κ3) is 3.90. The Kier molecular flexibility index (Phi) is 5.48. The van der Waals surface area contributed by atoms with E-state index >= 15 is 0 Å². The maximum atomic E-state index is 5.61. The minimum atomic E-state index is 0. The van der Waals surface area contributed by atoms with Crippen LogP contribution >= 0.6 is 23.7 Å². The molecule has 1 aliphatic rings. The molecule has 0 spiro atoms. The van der Waals surface area contributed by atoms with Gasteiger partial charge < -0.3 is 10.5 Å². The molecule has 1 saturated carbocycles. The van der Waals surface area contributed by atoms with Crippen LogP contribution in [0.3, 0.4) is 0 Å². The molecule has 0 aromatic carbocycles. The van der Waals surface area contributed by atoms with E-state index in [-0.39, 0.29) is 12.4 Å². The molecule has 1 aromatic rings. The molecule has 1 heterocycles. The highest BCUT2D eigenvalue weighted by Gasteiger charge is 2.28. The molecule has 6 heteroatoms. The normalized spacial score (nSPS) is 15.1. The molecule has 92 valence electrons. The van der Waals surface area contributed by atoms with Crippen molar-refractivity contribution in [2.24, 2.45) is 0 Å². The van der Waals surface area contributed by atoms with Crippen molar-refractivity contribution in [3.8, 4) is 0 Å². The Bertz CT molecular complexity index is 317. The number of aromatic nitrogens is 1. The first-order valence-electron chi connectivity index (χ1n) is 5.23. The van der Waals surface area contributed by atoms with Crippen molar-refractivity contribution in [2.75, 3.05) is 26.0 Å². The van der Waals surface area contributed by atoms with E-state index in [0.717, 1.165) is 25.7 Å². The topological polar surface area (TPSA) is 51.4 Å². The summed E-state index contributed by atoms with van der Waals surface area (Å²) in [4.78, 5) is 7.77. The first-order chi connectivity index (χ1) is 7.29. The van der Waals surface area contributed by atoms with Gasteiger partial charge in [-0.1, -0.05) is 0 Å². The molecule has 0 radical (unpaired) electrons. The van der Waals surface area contributed by atoms with Crippen LogP contribution in [0.5, 0.6) is 0 Å². The molecular weight excluding hydrogens is 246 g/mol. The van der Waals surface area contributed by atoms with Gasteiger partial charge in [-0.2, -0.15) is 0 Å². The highest BCUT2D eigenvalue weighted by molar-refractivity contribution is 7.15. The van der Waals surface area contributed by atoms with Crippen LogP contribution in [-0.2, 0) is 11.3 Å². The van der Waals surface area contributed by atoms with Gasteiger partial charge in [-0.25, -0.2) is 4.98 Å². The summed E-state index contributed by atoms with van der Waals surface area (Å²) in [7, 11) is 1.75. The lowest BCUT2D eigenvalue weighted by Gasteiger charge is -2.20. The monoisotopic (exact) mass is 263 g/mol. The minimum absolute atomic E-state index is 0. The van der Waals surface area contributed by atoms with Crippen molar-refractivity contribution in [2.45, 2.75) is 25.4 Å². The Morgan fingerprint density at radius 2 is 2.38 bits per heavy atom. The second kappa shape index (κ2) is 6.39. The minimum Gasteiger partial charge on any atom is -0.383 e. The average molecular weight is 264 g/mol. The maximum Gasteiger partial charge on any atom is 0.180 e. The Morgan fingerprint density at radius 1 is 1.62 bits per heavy atom. The predicted octanol–water partition coefficient (Wildman–Crippen LogP) is 1.76. The van der Waals surface area contributed by atoms with Crippen LogP contribution in [0, 0.1) is 0 Å². The summed E-state index contributed by atoms with van der Waals surface area (Å²) in [6.45, 7) is 2.76. The molecule has 0 unspecified atom stereocenters. The van der Waals surface area contributed by atoms with Crippen molar-refractivity contribution in [1.29, 1.82) is 0 Å². The largest absolute Gasteiger partial charge is 0.383 e. The number of nitrogens with zero attached hydrogens (tertiary/aromatic N) is 2. The van der Waals surface area contributed by atoms with Crippen LogP contribution in [0.25, 0.3) is 0 Å². The molecule has 1 aromatic heterocycles. The number of thiazole rings is 1. The number of nitrogen functional groups attached to an aromatic ring is 1. The zero-order chi connectivity index (χ0) is 10.7. The maximum absolute atomic E-state index is 5.61. The number of halogens is 1. The van der Waals surface area contributed by atoms with Crippen LogP contribution in [-0.4, -0.2) is 36.2 Å². The van der Waals surface area contributed by atoms with Crippen LogP contribution in [0.2, 0.25) is 0 Å². The first kappa shape index (κ1) is 13.7. The number of anilines is 1. The summed E-state index contributed by atoms with van der Waals surface area (Å²) < 4.78 is 5.11. The SMILES string of the molecule is COCCN(Cc1cnc(N)s1)C1CC1.Cl. The summed E-state index contributed by atoms with van der Waals surface area (Å²) in [5.74, 6) is 0. The molecular formula is C10H18ClN3OS. The van der Waals surface area contributed by atoms with Gasteiger partial charge in [0.05, 0.1) is 6.61 Å². The van der Waals surface area contributed by atoms with Gasteiger partial charge in [0.25, 0.3) is 0 Å². The average Bonchev–Trinajstić information content (AvgIpc) is 2.98. The number of hydrogen-bond acceptors (Lipinski definition) is 5. The Morgan fingerprint density at radius 3 is 2.88 bits per heavy atom. The Labute approximate surface area is 106 Å². The van der Waals surface area contributed by atoms with E-state index in [1.807, 2.05) is 6.20 Å². The van der Waals surface area contributed by atoms with Gasteiger partial charge in [0.15, 0.2) is 5.13 Å². The fourth-order valence-electron chi connectivity index (χ4n) is 1.63. The number of ether oxygens (including phenoxy) is 1. The summed E-state index contributed by atoms with van der Waals surface area (Å²) in [6, 6.07) is 0.753. The van der Waals surface area contributed by atoms with Gasteiger partial charge in [-0.3, -0.25) is 4.90 Å². The fourth-order valence-corrected chi connectivity index (χ4v) is 2.34. The third-order valence-corrected chi connectivity index (χ3v) is 3.39. The van der Waals surface area contributed by atoms with Crippen LogP contribution in [0.15, 0.2) is 6.20 Å². The highest BCUT2D eigenvalue weighted by atomic mass is 35.5. The lowest BCUT2D eigenvalue weighted by Crippen LogP contribution is -2.28. The smallest absolute Gasteiger partial charge is 0.180 e. The molecule has 0 bridgehead atoms. The first-order valence-corrected chi connectivity index (χ1v) is 6.04. The second-order valence-corrected chi connectivity index (χ2v) is 5.01. The highest BCUT2D eigenvalue weighted by Crippen LogP contribution is 2.29. The Balaban J connectivity index is 0.00000128. The van der Waals surface area contributed by atoms with Gasteiger partial charge in [-0.15, -0.1) is 23.7 Å². The zero-order valence-electron chi connectivity index (χ0n) is 9.39. The lowest BCUT2D eigenvalue weighted by atomic mass is 10.4. The van der Waals surface area contributed by atoms with E-state index in [1.165, 1.54) is 17.7 Å². The van der Waals surface area contributed by atoms with E-state index < -0.39 is 0 Å². The fraction of sp³-hybridized carbons (Fsp3) is 0.700. The van der Waals surface area contributed by atoms with Gasteiger partial charge in [0.1, 0.15) is 0 Å². The standard InChI is InChI=1S/C10H17N3OS.ClH/c1-14-5-4-13(8-2-3-8)7-9-6-12-10(11)15-9;/h6,8H,2-5,7H2,1H3,(H2,11,12);1H. The molecule has 1 aliphatic carbocycles. The van der Waals surface area contributed by atoms with Gasteiger partial charge in [0.2, 0.25) is 0 Å². The molecule has 0 atom stereocenters. The van der Waals surface area contributed by atoms with Crippen molar-refractivity contribution in [1.82, 2.24) is 9.88 Å².